The van der Waals surface area contributed by atoms with Crippen LogP contribution in [0.4, 0.5) is 11.4 Å². The molecule has 3 aromatic rings. The number of benzene rings is 2. The van der Waals surface area contributed by atoms with Crippen molar-refractivity contribution in [2.24, 2.45) is 0 Å². The van der Waals surface area contributed by atoms with Crippen molar-refractivity contribution in [3.8, 4) is 5.75 Å². The third kappa shape index (κ3) is 3.77. The Labute approximate surface area is 180 Å². The number of rotatable bonds is 7. The van der Waals surface area contributed by atoms with Gasteiger partial charge in [0.15, 0.2) is 11.5 Å². The van der Waals surface area contributed by atoms with Gasteiger partial charge in [-0.3, -0.25) is 4.90 Å². The van der Waals surface area contributed by atoms with E-state index in [9.17, 15) is 4.21 Å². The monoisotopic (exact) mass is 424 g/mol. The van der Waals surface area contributed by atoms with Gasteiger partial charge in [-0.25, -0.2) is 4.21 Å². The van der Waals surface area contributed by atoms with Gasteiger partial charge in [-0.05, 0) is 56.6 Å². The number of ether oxygens (including phenoxy) is 1. The zero-order chi connectivity index (χ0) is 21.3. The van der Waals surface area contributed by atoms with Crippen molar-refractivity contribution in [1.82, 2.24) is 4.90 Å². The molecule has 1 atom stereocenters. The second-order valence-electron chi connectivity index (χ2n) is 7.75. The van der Waals surface area contributed by atoms with Crippen LogP contribution in [0.25, 0.3) is 0 Å². The number of furan rings is 1. The van der Waals surface area contributed by atoms with Crippen molar-refractivity contribution in [2.75, 3.05) is 32.1 Å². The van der Waals surface area contributed by atoms with Crippen molar-refractivity contribution >= 4 is 22.2 Å². The summed E-state index contributed by atoms with van der Waals surface area (Å²) in [6.45, 7) is 6.70. The first-order chi connectivity index (χ1) is 14.5. The summed E-state index contributed by atoms with van der Waals surface area (Å²) in [5.41, 5.74) is 4.57. The van der Waals surface area contributed by atoms with Crippen LogP contribution < -0.4 is 9.64 Å². The molecule has 2 heterocycles. The topological polar surface area (TPSA) is 45.9 Å². The lowest BCUT2D eigenvalue weighted by Crippen LogP contribution is -2.29. The minimum absolute atomic E-state index is 0.700. The summed E-state index contributed by atoms with van der Waals surface area (Å²) < 4.78 is 24.1. The summed E-state index contributed by atoms with van der Waals surface area (Å²) >= 11 is 0. The Morgan fingerprint density at radius 3 is 2.70 bits per heavy atom. The average Bonchev–Trinajstić information content (AvgIpc) is 3.20. The number of para-hydroxylation sites is 1. The lowest BCUT2D eigenvalue weighted by Gasteiger charge is -2.35. The second kappa shape index (κ2) is 8.66. The van der Waals surface area contributed by atoms with Gasteiger partial charge < -0.3 is 14.1 Å². The van der Waals surface area contributed by atoms with Crippen molar-refractivity contribution in [3.05, 3.63) is 65.6 Å². The fourth-order valence-electron chi connectivity index (χ4n) is 4.02. The van der Waals surface area contributed by atoms with Crippen LogP contribution in [0, 0.1) is 13.8 Å². The highest BCUT2D eigenvalue weighted by molar-refractivity contribution is 7.85. The summed E-state index contributed by atoms with van der Waals surface area (Å²) in [4.78, 5) is 6.38. The Balaban J connectivity index is 1.53. The standard InChI is InChI=1S/C24H28N2O3S/c1-17-10-11-23-24(18(17)2)26(19-8-5-6-9-22(19)30(23)27)14-7-13-25(3)16-21-20(28-4)12-15-29-21/h5-6,8-12,15H,7,13-14,16H2,1-4H3. The molecule has 6 heteroatoms. The first-order valence-corrected chi connectivity index (χ1v) is 11.3. The van der Waals surface area contributed by atoms with E-state index in [1.54, 1.807) is 13.4 Å². The number of hydrogen-bond acceptors (Lipinski definition) is 5. The summed E-state index contributed by atoms with van der Waals surface area (Å²) in [7, 11) is 2.60. The van der Waals surface area contributed by atoms with Gasteiger partial charge in [0.25, 0.3) is 0 Å². The number of aryl methyl sites for hydroxylation is 1. The highest BCUT2D eigenvalue weighted by Crippen LogP contribution is 2.44. The molecule has 0 saturated carbocycles. The third-order valence-corrected chi connectivity index (χ3v) is 7.22. The molecule has 0 fully saturated rings. The van der Waals surface area contributed by atoms with Crippen LogP contribution in [0.5, 0.6) is 5.75 Å². The second-order valence-corrected chi connectivity index (χ2v) is 9.16. The van der Waals surface area contributed by atoms with E-state index in [1.165, 1.54) is 11.1 Å². The summed E-state index contributed by atoms with van der Waals surface area (Å²) in [6, 6.07) is 14.0. The van der Waals surface area contributed by atoms with Gasteiger partial charge in [0.1, 0.15) is 0 Å². The molecular formula is C24H28N2O3S. The average molecular weight is 425 g/mol. The SMILES string of the molecule is COc1ccoc1CN(C)CCCN1c2ccccc2S(=O)c2ccc(C)c(C)c21. The number of fused-ring (bicyclic) bond motifs is 2. The van der Waals surface area contributed by atoms with Crippen LogP contribution in [0.1, 0.15) is 23.3 Å². The van der Waals surface area contributed by atoms with E-state index < -0.39 is 10.8 Å². The number of hydrogen-bond donors (Lipinski definition) is 0. The van der Waals surface area contributed by atoms with Crippen LogP contribution in [-0.2, 0) is 17.3 Å². The van der Waals surface area contributed by atoms with Gasteiger partial charge in [0, 0.05) is 19.2 Å². The van der Waals surface area contributed by atoms with Crippen LogP contribution in [0.3, 0.4) is 0 Å². The molecule has 2 aromatic carbocycles. The molecule has 4 rings (SSSR count). The zero-order valence-corrected chi connectivity index (χ0v) is 18.8. The molecule has 1 unspecified atom stereocenters. The van der Waals surface area contributed by atoms with Crippen LogP contribution in [-0.4, -0.2) is 36.4 Å². The van der Waals surface area contributed by atoms with E-state index >= 15 is 0 Å². The molecule has 1 aromatic heterocycles. The number of methoxy groups -OCH3 is 1. The first-order valence-electron chi connectivity index (χ1n) is 10.2. The van der Waals surface area contributed by atoms with Gasteiger partial charge in [-0.1, -0.05) is 18.2 Å². The zero-order valence-electron chi connectivity index (χ0n) is 18.0. The maximum absolute atomic E-state index is 13.2. The van der Waals surface area contributed by atoms with Crippen molar-refractivity contribution in [1.29, 1.82) is 0 Å². The minimum atomic E-state index is -1.15. The molecule has 0 aliphatic carbocycles. The van der Waals surface area contributed by atoms with E-state index in [-0.39, 0.29) is 0 Å². The molecule has 0 spiro atoms. The Hall–Kier alpha value is -2.57. The van der Waals surface area contributed by atoms with Gasteiger partial charge in [-0.2, -0.15) is 0 Å². The molecule has 5 nitrogen and oxygen atoms in total. The lowest BCUT2D eigenvalue weighted by molar-refractivity contribution is 0.281. The summed E-state index contributed by atoms with van der Waals surface area (Å²) in [5.74, 6) is 1.63. The van der Waals surface area contributed by atoms with Crippen LogP contribution in [0.15, 0.2) is 62.9 Å². The molecule has 0 saturated heterocycles. The van der Waals surface area contributed by atoms with E-state index in [2.05, 4.69) is 42.8 Å². The van der Waals surface area contributed by atoms with E-state index in [1.807, 2.05) is 30.3 Å². The van der Waals surface area contributed by atoms with Gasteiger partial charge in [0.05, 0.1) is 51.9 Å². The van der Waals surface area contributed by atoms with Crippen LogP contribution in [0.2, 0.25) is 0 Å². The molecule has 0 amide bonds. The Morgan fingerprint density at radius 2 is 1.90 bits per heavy atom. The molecule has 0 radical (unpaired) electrons. The van der Waals surface area contributed by atoms with Crippen molar-refractivity contribution < 1.29 is 13.4 Å². The van der Waals surface area contributed by atoms with E-state index in [4.69, 9.17) is 9.15 Å². The highest BCUT2D eigenvalue weighted by atomic mass is 32.2. The molecule has 1 aliphatic rings. The Bertz CT molecular complexity index is 1080. The maximum atomic E-state index is 13.2. The fraction of sp³-hybridized carbons (Fsp3) is 0.333. The van der Waals surface area contributed by atoms with Gasteiger partial charge in [0.2, 0.25) is 0 Å². The molecule has 0 N–H and O–H groups in total. The van der Waals surface area contributed by atoms with Crippen LogP contribution >= 0.6 is 0 Å². The quantitative estimate of drug-likeness (QED) is 0.531. The maximum Gasteiger partial charge on any atom is 0.161 e. The Kier molecular flexibility index (Phi) is 5.97. The lowest BCUT2D eigenvalue weighted by atomic mass is 10.1. The minimum Gasteiger partial charge on any atom is -0.493 e. The summed E-state index contributed by atoms with van der Waals surface area (Å²) in [5, 5.41) is 0. The Morgan fingerprint density at radius 1 is 1.10 bits per heavy atom. The van der Waals surface area contributed by atoms with Gasteiger partial charge in [-0.15, -0.1) is 0 Å². The molecule has 30 heavy (non-hydrogen) atoms. The number of nitrogens with zero attached hydrogens (tertiary/aromatic N) is 2. The van der Waals surface area contributed by atoms with Gasteiger partial charge >= 0.3 is 0 Å². The highest BCUT2D eigenvalue weighted by Gasteiger charge is 2.29. The predicted octanol–water partition coefficient (Wildman–Crippen LogP) is 5.05. The largest absolute Gasteiger partial charge is 0.493 e. The van der Waals surface area contributed by atoms with E-state index in [0.29, 0.717) is 6.54 Å². The summed E-state index contributed by atoms with van der Waals surface area (Å²) in [6.07, 6.45) is 2.63. The van der Waals surface area contributed by atoms with Crippen molar-refractivity contribution in [2.45, 2.75) is 36.6 Å². The molecular weight excluding hydrogens is 396 g/mol. The number of anilines is 2. The normalized spacial score (nSPS) is 15.2. The molecule has 158 valence electrons. The third-order valence-electron chi connectivity index (χ3n) is 5.75. The fourth-order valence-corrected chi connectivity index (χ4v) is 5.46. The first kappa shape index (κ1) is 20.7. The smallest absolute Gasteiger partial charge is 0.161 e. The predicted molar refractivity (Wildman–Crippen MR) is 120 cm³/mol. The van der Waals surface area contributed by atoms with Crippen molar-refractivity contribution in [3.63, 3.8) is 0 Å². The molecule has 0 bridgehead atoms. The van der Waals surface area contributed by atoms with E-state index in [0.717, 1.165) is 52.2 Å². The molecule has 1 aliphatic heterocycles.